The van der Waals surface area contributed by atoms with E-state index in [9.17, 15) is 0 Å². The summed E-state index contributed by atoms with van der Waals surface area (Å²) in [7, 11) is 0. The highest BCUT2D eigenvalue weighted by Gasteiger charge is 2.21. The highest BCUT2D eigenvalue weighted by atomic mass is 15.1. The summed E-state index contributed by atoms with van der Waals surface area (Å²) in [4.78, 5) is 2.56. The Kier molecular flexibility index (Phi) is 3.49. The molecule has 0 saturated carbocycles. The second kappa shape index (κ2) is 4.88. The van der Waals surface area contributed by atoms with Crippen molar-refractivity contribution in [2.45, 2.75) is 38.6 Å². The van der Waals surface area contributed by atoms with Crippen LogP contribution in [-0.4, -0.2) is 24.0 Å². The summed E-state index contributed by atoms with van der Waals surface area (Å²) >= 11 is 0. The Morgan fingerprint density at radius 3 is 2.50 bits per heavy atom. The first-order chi connectivity index (χ1) is 7.66. The number of benzene rings is 1. The van der Waals surface area contributed by atoms with Gasteiger partial charge in [0.1, 0.15) is 0 Å². The standard InChI is InChI=1S/C14H22N2/c1-11(2)16-8-6-12(7-9-16)13-4-3-5-14(15)10-13/h3-5,10-12H,6-9,15H2,1-2H3. The first-order valence-corrected chi connectivity index (χ1v) is 6.26. The second-order valence-electron chi connectivity index (χ2n) is 5.07. The third kappa shape index (κ3) is 2.56. The van der Waals surface area contributed by atoms with E-state index in [1.165, 1.54) is 31.5 Å². The summed E-state index contributed by atoms with van der Waals surface area (Å²) in [5, 5.41) is 0. The molecular weight excluding hydrogens is 196 g/mol. The molecule has 1 aromatic rings. The Labute approximate surface area is 98.4 Å². The molecule has 2 N–H and O–H groups in total. The van der Waals surface area contributed by atoms with Crippen molar-refractivity contribution in [3.63, 3.8) is 0 Å². The molecule has 2 rings (SSSR count). The van der Waals surface area contributed by atoms with Crippen molar-refractivity contribution in [1.82, 2.24) is 4.90 Å². The van der Waals surface area contributed by atoms with Gasteiger partial charge in [-0.25, -0.2) is 0 Å². The molecule has 0 bridgehead atoms. The summed E-state index contributed by atoms with van der Waals surface area (Å²) < 4.78 is 0. The molecule has 2 nitrogen and oxygen atoms in total. The predicted octanol–water partition coefficient (Wildman–Crippen LogP) is 2.86. The minimum Gasteiger partial charge on any atom is -0.399 e. The van der Waals surface area contributed by atoms with Crippen molar-refractivity contribution in [3.05, 3.63) is 29.8 Å². The number of nitrogens with zero attached hydrogens (tertiary/aromatic N) is 1. The molecule has 0 atom stereocenters. The van der Waals surface area contributed by atoms with Gasteiger partial charge in [-0.3, -0.25) is 0 Å². The van der Waals surface area contributed by atoms with Gasteiger partial charge in [-0.15, -0.1) is 0 Å². The Hall–Kier alpha value is -1.02. The van der Waals surface area contributed by atoms with Gasteiger partial charge in [-0.05, 0) is 63.4 Å². The Balaban J connectivity index is 1.99. The zero-order chi connectivity index (χ0) is 11.5. The SMILES string of the molecule is CC(C)N1CCC(c2cccc(N)c2)CC1. The summed E-state index contributed by atoms with van der Waals surface area (Å²) in [5.74, 6) is 0.707. The van der Waals surface area contributed by atoms with E-state index in [2.05, 4.69) is 36.9 Å². The van der Waals surface area contributed by atoms with Gasteiger partial charge in [0.05, 0.1) is 0 Å². The highest BCUT2D eigenvalue weighted by molar-refractivity contribution is 5.41. The Bertz CT molecular complexity index is 338. The lowest BCUT2D eigenvalue weighted by Crippen LogP contribution is -2.37. The van der Waals surface area contributed by atoms with Crippen LogP contribution >= 0.6 is 0 Å². The lowest BCUT2D eigenvalue weighted by molar-refractivity contribution is 0.172. The first kappa shape index (κ1) is 11.5. The van der Waals surface area contributed by atoms with Crippen molar-refractivity contribution in [2.75, 3.05) is 18.8 Å². The largest absolute Gasteiger partial charge is 0.399 e. The van der Waals surface area contributed by atoms with Crippen LogP contribution < -0.4 is 5.73 Å². The third-order valence-corrected chi connectivity index (χ3v) is 3.64. The summed E-state index contributed by atoms with van der Waals surface area (Å²) in [5.41, 5.74) is 8.14. The third-order valence-electron chi connectivity index (χ3n) is 3.64. The summed E-state index contributed by atoms with van der Waals surface area (Å²) in [6.45, 7) is 7.00. The number of rotatable bonds is 2. The van der Waals surface area contributed by atoms with Crippen LogP contribution in [0.2, 0.25) is 0 Å². The van der Waals surface area contributed by atoms with Crippen LogP contribution in [0.4, 0.5) is 5.69 Å². The number of nitrogen functional groups attached to an aromatic ring is 1. The van der Waals surface area contributed by atoms with Crippen molar-refractivity contribution in [3.8, 4) is 0 Å². The molecule has 1 fully saturated rings. The lowest BCUT2D eigenvalue weighted by atomic mass is 9.89. The zero-order valence-electron chi connectivity index (χ0n) is 10.3. The van der Waals surface area contributed by atoms with Gasteiger partial charge in [0, 0.05) is 11.7 Å². The summed E-state index contributed by atoms with van der Waals surface area (Å²) in [6, 6.07) is 9.07. The van der Waals surface area contributed by atoms with Crippen LogP contribution in [0.3, 0.4) is 0 Å². The maximum Gasteiger partial charge on any atom is 0.0316 e. The molecule has 1 saturated heterocycles. The maximum absolute atomic E-state index is 5.83. The van der Waals surface area contributed by atoms with Gasteiger partial charge >= 0.3 is 0 Å². The van der Waals surface area contributed by atoms with Gasteiger partial charge in [0.25, 0.3) is 0 Å². The normalized spacial score (nSPS) is 19.2. The van der Waals surface area contributed by atoms with Crippen LogP contribution in [0.5, 0.6) is 0 Å². The van der Waals surface area contributed by atoms with E-state index in [1.54, 1.807) is 0 Å². The molecular formula is C14H22N2. The summed E-state index contributed by atoms with van der Waals surface area (Å²) in [6.07, 6.45) is 2.53. The number of hydrogen-bond donors (Lipinski definition) is 1. The van der Waals surface area contributed by atoms with Gasteiger partial charge in [0.2, 0.25) is 0 Å². The van der Waals surface area contributed by atoms with E-state index in [-0.39, 0.29) is 0 Å². The molecule has 88 valence electrons. The minimum absolute atomic E-state index is 0.682. The number of piperidine rings is 1. The molecule has 0 spiro atoms. The Morgan fingerprint density at radius 2 is 1.94 bits per heavy atom. The number of likely N-dealkylation sites (tertiary alicyclic amines) is 1. The first-order valence-electron chi connectivity index (χ1n) is 6.26. The van der Waals surface area contributed by atoms with Crippen LogP contribution in [0.15, 0.2) is 24.3 Å². The van der Waals surface area contributed by atoms with E-state index in [4.69, 9.17) is 5.73 Å². The second-order valence-corrected chi connectivity index (χ2v) is 5.07. The number of hydrogen-bond acceptors (Lipinski definition) is 2. The molecule has 1 aromatic carbocycles. The molecule has 0 aliphatic carbocycles. The highest BCUT2D eigenvalue weighted by Crippen LogP contribution is 2.29. The van der Waals surface area contributed by atoms with E-state index >= 15 is 0 Å². The van der Waals surface area contributed by atoms with E-state index < -0.39 is 0 Å². The quantitative estimate of drug-likeness (QED) is 0.773. The number of nitrogens with two attached hydrogens (primary N) is 1. The fourth-order valence-corrected chi connectivity index (χ4v) is 2.56. The molecule has 0 unspecified atom stereocenters. The molecule has 0 amide bonds. The van der Waals surface area contributed by atoms with Gasteiger partial charge in [-0.1, -0.05) is 12.1 Å². The molecule has 1 aliphatic heterocycles. The van der Waals surface area contributed by atoms with Crippen molar-refractivity contribution in [2.24, 2.45) is 0 Å². The van der Waals surface area contributed by atoms with Crippen molar-refractivity contribution in [1.29, 1.82) is 0 Å². The van der Waals surface area contributed by atoms with E-state index in [1.807, 2.05) is 6.07 Å². The monoisotopic (exact) mass is 218 g/mol. The van der Waals surface area contributed by atoms with Crippen LogP contribution in [0.1, 0.15) is 38.2 Å². The minimum atomic E-state index is 0.682. The fourth-order valence-electron chi connectivity index (χ4n) is 2.56. The molecule has 1 aliphatic rings. The maximum atomic E-state index is 5.83. The van der Waals surface area contributed by atoms with Gasteiger partial charge in [0.15, 0.2) is 0 Å². The van der Waals surface area contributed by atoms with Crippen molar-refractivity contribution < 1.29 is 0 Å². The topological polar surface area (TPSA) is 29.3 Å². The van der Waals surface area contributed by atoms with Crippen LogP contribution in [0, 0.1) is 0 Å². The van der Waals surface area contributed by atoms with Gasteiger partial charge in [-0.2, -0.15) is 0 Å². The Morgan fingerprint density at radius 1 is 1.25 bits per heavy atom. The zero-order valence-corrected chi connectivity index (χ0v) is 10.3. The van der Waals surface area contributed by atoms with Gasteiger partial charge < -0.3 is 10.6 Å². The average molecular weight is 218 g/mol. The van der Waals surface area contributed by atoms with Crippen LogP contribution in [0.25, 0.3) is 0 Å². The molecule has 16 heavy (non-hydrogen) atoms. The molecule has 0 radical (unpaired) electrons. The fraction of sp³-hybridized carbons (Fsp3) is 0.571. The lowest BCUT2D eigenvalue weighted by Gasteiger charge is -2.34. The molecule has 0 aromatic heterocycles. The van der Waals surface area contributed by atoms with Crippen LogP contribution in [-0.2, 0) is 0 Å². The van der Waals surface area contributed by atoms with Crippen molar-refractivity contribution >= 4 is 5.69 Å². The van der Waals surface area contributed by atoms with E-state index in [0.717, 1.165) is 5.69 Å². The van der Waals surface area contributed by atoms with E-state index in [0.29, 0.717) is 12.0 Å². The predicted molar refractivity (Wildman–Crippen MR) is 69.5 cm³/mol. The molecule has 2 heteroatoms. The smallest absolute Gasteiger partial charge is 0.0316 e. The number of anilines is 1. The molecule has 1 heterocycles. The average Bonchev–Trinajstić information content (AvgIpc) is 2.29.